The molecule has 1 aliphatic rings. The van der Waals surface area contributed by atoms with Crippen LogP contribution in [0.15, 0.2) is 0 Å². The molecule has 7 heteroatoms. The highest BCUT2D eigenvalue weighted by Crippen LogP contribution is 2.35. The average molecular weight is 395 g/mol. The molecular formula is C19H38O6S. The molecule has 1 aliphatic heterocycles. The van der Waals surface area contributed by atoms with E-state index < -0.39 is 22.5 Å². The van der Waals surface area contributed by atoms with E-state index in [0.29, 0.717) is 13.0 Å². The van der Waals surface area contributed by atoms with Gasteiger partial charge >= 0.3 is 16.4 Å². The van der Waals surface area contributed by atoms with Gasteiger partial charge in [0.15, 0.2) is 0 Å². The summed E-state index contributed by atoms with van der Waals surface area (Å²) < 4.78 is 36.3. The number of hydrogen-bond acceptors (Lipinski definition) is 6. The minimum atomic E-state index is -4.05. The van der Waals surface area contributed by atoms with Gasteiger partial charge in [-0.1, -0.05) is 84.5 Å². The molecule has 0 bridgehead atoms. The number of hydrogen-bond donors (Lipinski definition) is 1. The highest BCUT2D eigenvalue weighted by Gasteiger charge is 2.57. The summed E-state index contributed by atoms with van der Waals surface area (Å²) in [7, 11) is -4.05. The van der Waals surface area contributed by atoms with Gasteiger partial charge in [-0.3, -0.25) is 0 Å². The summed E-state index contributed by atoms with van der Waals surface area (Å²) in [6.07, 6.45) is 13.3. The molecule has 0 aromatic heterocycles. The van der Waals surface area contributed by atoms with Gasteiger partial charge in [-0.2, -0.15) is 16.8 Å². The number of rotatable bonds is 16. The third-order valence-electron chi connectivity index (χ3n) is 4.93. The van der Waals surface area contributed by atoms with Crippen molar-refractivity contribution in [2.24, 2.45) is 5.92 Å². The first-order valence-electron chi connectivity index (χ1n) is 10.3. The summed E-state index contributed by atoms with van der Waals surface area (Å²) in [6.45, 7) is 6.70. The van der Waals surface area contributed by atoms with E-state index in [0.717, 1.165) is 25.2 Å². The largest absolute Gasteiger partial charge is 0.409 e. The van der Waals surface area contributed by atoms with Crippen molar-refractivity contribution in [3.05, 3.63) is 0 Å². The standard InChI is InChI=1S/C19H38O6S/c1-4-6-7-8-9-11-14-17(3)15-12-10-13-16-18(23-5-2)19(20)24-26(21,22)25-19/h17-18,20H,4-16H2,1-3H3. The lowest BCUT2D eigenvalue weighted by atomic mass is 9.95. The number of aliphatic hydroxyl groups is 1. The quantitative estimate of drug-likeness (QED) is 0.383. The Morgan fingerprint density at radius 1 is 0.885 bits per heavy atom. The van der Waals surface area contributed by atoms with Crippen LogP contribution in [0, 0.1) is 5.92 Å². The summed E-state index contributed by atoms with van der Waals surface area (Å²) in [5.74, 6) is -1.41. The van der Waals surface area contributed by atoms with E-state index in [4.69, 9.17) is 4.74 Å². The van der Waals surface area contributed by atoms with Crippen molar-refractivity contribution in [1.29, 1.82) is 0 Å². The lowest BCUT2D eigenvalue weighted by molar-refractivity contribution is -0.372. The van der Waals surface area contributed by atoms with Crippen molar-refractivity contribution in [1.82, 2.24) is 0 Å². The summed E-state index contributed by atoms with van der Waals surface area (Å²) in [4.78, 5) is 0. The Hall–Kier alpha value is -0.210. The van der Waals surface area contributed by atoms with E-state index in [1.807, 2.05) is 0 Å². The molecule has 0 aliphatic carbocycles. The summed E-state index contributed by atoms with van der Waals surface area (Å²) in [6, 6.07) is 0. The minimum Gasteiger partial charge on any atom is -0.370 e. The molecule has 1 fully saturated rings. The van der Waals surface area contributed by atoms with Crippen LogP contribution in [-0.4, -0.2) is 32.2 Å². The second-order valence-electron chi connectivity index (χ2n) is 7.45. The third-order valence-corrected chi connectivity index (χ3v) is 5.82. The van der Waals surface area contributed by atoms with Crippen molar-refractivity contribution in [3.63, 3.8) is 0 Å². The van der Waals surface area contributed by atoms with Crippen LogP contribution in [0.4, 0.5) is 0 Å². The fraction of sp³-hybridized carbons (Fsp3) is 1.00. The van der Waals surface area contributed by atoms with Gasteiger partial charge in [0.05, 0.1) is 0 Å². The first-order valence-corrected chi connectivity index (χ1v) is 11.7. The second kappa shape index (κ2) is 12.3. The Labute approximate surface area is 159 Å². The molecule has 0 radical (unpaired) electrons. The second-order valence-corrected chi connectivity index (χ2v) is 8.60. The number of unbranched alkanes of at least 4 members (excludes halogenated alkanes) is 7. The fourth-order valence-corrected chi connectivity index (χ4v) is 4.21. The van der Waals surface area contributed by atoms with Crippen LogP contribution in [0.5, 0.6) is 0 Å². The zero-order chi connectivity index (χ0) is 19.5. The van der Waals surface area contributed by atoms with E-state index >= 15 is 0 Å². The van der Waals surface area contributed by atoms with Crippen LogP contribution in [0.1, 0.15) is 97.8 Å². The van der Waals surface area contributed by atoms with E-state index in [-0.39, 0.29) is 0 Å². The summed E-state index contributed by atoms with van der Waals surface area (Å²) >= 11 is 0. The Morgan fingerprint density at radius 3 is 1.92 bits per heavy atom. The highest BCUT2D eigenvalue weighted by molar-refractivity contribution is 7.82. The molecule has 6 nitrogen and oxygen atoms in total. The zero-order valence-corrected chi connectivity index (χ0v) is 17.6. The maximum Gasteiger partial charge on any atom is 0.409 e. The maximum atomic E-state index is 11.0. The SMILES string of the molecule is CCCCCCCCC(C)CCCCCC(OCC)C1(O)OS(=O)(=O)O1. The maximum absolute atomic E-state index is 11.0. The van der Waals surface area contributed by atoms with Crippen LogP contribution in [-0.2, 0) is 23.5 Å². The Bertz CT molecular complexity index is 453. The average Bonchev–Trinajstić information content (AvgIpc) is 2.54. The minimum absolute atomic E-state index is 0.356. The van der Waals surface area contributed by atoms with Crippen molar-refractivity contribution in [3.8, 4) is 0 Å². The first-order chi connectivity index (χ1) is 12.3. The molecule has 0 aromatic carbocycles. The van der Waals surface area contributed by atoms with Crippen LogP contribution in [0.3, 0.4) is 0 Å². The van der Waals surface area contributed by atoms with Crippen LogP contribution < -0.4 is 0 Å². The molecular weight excluding hydrogens is 356 g/mol. The zero-order valence-electron chi connectivity index (χ0n) is 16.7. The monoisotopic (exact) mass is 394 g/mol. The van der Waals surface area contributed by atoms with Gasteiger partial charge in [0.25, 0.3) is 0 Å². The van der Waals surface area contributed by atoms with Gasteiger partial charge in [-0.05, 0) is 19.3 Å². The molecule has 0 aromatic rings. The Kier molecular flexibility index (Phi) is 11.3. The third kappa shape index (κ3) is 9.13. The fourth-order valence-electron chi connectivity index (χ4n) is 3.40. The van der Waals surface area contributed by atoms with Gasteiger partial charge in [0, 0.05) is 6.61 Å². The van der Waals surface area contributed by atoms with Crippen molar-refractivity contribution in [2.45, 2.75) is 110 Å². The Balaban J connectivity index is 2.09. The summed E-state index contributed by atoms with van der Waals surface area (Å²) in [5.41, 5.74) is 0. The molecule has 0 spiro atoms. The molecule has 2 unspecified atom stereocenters. The van der Waals surface area contributed by atoms with Crippen LogP contribution in [0.25, 0.3) is 0 Å². The van der Waals surface area contributed by atoms with Gasteiger partial charge in [-0.15, -0.1) is 0 Å². The van der Waals surface area contributed by atoms with Gasteiger partial charge in [0.2, 0.25) is 0 Å². The topological polar surface area (TPSA) is 82.1 Å². The summed E-state index contributed by atoms with van der Waals surface area (Å²) in [5, 5.41) is 10.0. The molecule has 1 saturated heterocycles. The predicted octanol–water partition coefficient (Wildman–Crippen LogP) is 4.67. The van der Waals surface area contributed by atoms with Crippen molar-refractivity contribution >= 4 is 10.4 Å². The van der Waals surface area contributed by atoms with Crippen LogP contribution in [0.2, 0.25) is 0 Å². The predicted molar refractivity (Wildman–Crippen MR) is 102 cm³/mol. The first kappa shape index (κ1) is 23.8. The van der Waals surface area contributed by atoms with Crippen molar-refractivity contribution < 1.29 is 26.6 Å². The van der Waals surface area contributed by atoms with Crippen molar-refractivity contribution in [2.75, 3.05) is 6.61 Å². The molecule has 1 rings (SSSR count). The van der Waals surface area contributed by atoms with E-state index in [1.165, 1.54) is 51.4 Å². The number of ether oxygens (including phenoxy) is 1. The lowest BCUT2D eigenvalue weighted by Gasteiger charge is -2.39. The smallest absolute Gasteiger partial charge is 0.370 e. The van der Waals surface area contributed by atoms with Crippen LogP contribution >= 0.6 is 0 Å². The van der Waals surface area contributed by atoms with Gasteiger partial charge in [0.1, 0.15) is 6.10 Å². The molecule has 26 heavy (non-hydrogen) atoms. The lowest BCUT2D eigenvalue weighted by Crippen LogP contribution is -2.59. The van der Waals surface area contributed by atoms with E-state index in [1.54, 1.807) is 6.92 Å². The molecule has 156 valence electrons. The van der Waals surface area contributed by atoms with Gasteiger partial charge in [-0.25, -0.2) is 0 Å². The normalized spacial score (nSPS) is 20.5. The molecule has 0 amide bonds. The molecule has 1 heterocycles. The van der Waals surface area contributed by atoms with E-state index in [2.05, 4.69) is 22.2 Å². The Morgan fingerprint density at radius 2 is 1.38 bits per heavy atom. The molecule has 2 atom stereocenters. The molecule has 1 N–H and O–H groups in total. The van der Waals surface area contributed by atoms with E-state index in [9.17, 15) is 13.5 Å². The highest BCUT2D eigenvalue weighted by atomic mass is 32.3. The van der Waals surface area contributed by atoms with Gasteiger partial charge < -0.3 is 9.84 Å². The molecule has 0 saturated carbocycles.